The van der Waals surface area contributed by atoms with Crippen LogP contribution in [0.5, 0.6) is 0 Å². The second kappa shape index (κ2) is 12.5. The molecule has 3 rings (SSSR count). The van der Waals surface area contributed by atoms with Gasteiger partial charge in [-0.3, -0.25) is 4.90 Å². The summed E-state index contributed by atoms with van der Waals surface area (Å²) in [5.41, 5.74) is 1.68. The summed E-state index contributed by atoms with van der Waals surface area (Å²) in [5, 5.41) is 5.79. The van der Waals surface area contributed by atoms with Crippen molar-refractivity contribution in [3.63, 3.8) is 0 Å². The second-order valence-electron chi connectivity index (χ2n) is 9.67. The summed E-state index contributed by atoms with van der Waals surface area (Å²) < 4.78 is 56.8. The summed E-state index contributed by atoms with van der Waals surface area (Å²) in [7, 11) is 9.11. The Labute approximate surface area is 229 Å². The van der Waals surface area contributed by atoms with E-state index >= 15 is 0 Å². The Morgan fingerprint density at radius 2 is 1.77 bits per heavy atom. The van der Waals surface area contributed by atoms with Crippen LogP contribution in [0.3, 0.4) is 0 Å². The van der Waals surface area contributed by atoms with Crippen molar-refractivity contribution < 1.29 is 17.6 Å². The summed E-state index contributed by atoms with van der Waals surface area (Å²) in [6, 6.07) is 10.6. The first kappa shape index (κ1) is 30.0. The molecule has 0 amide bonds. The average Bonchev–Trinajstić information content (AvgIpc) is 2.88. The van der Waals surface area contributed by atoms with E-state index in [4.69, 9.17) is 7.49 Å². The zero-order valence-corrected chi connectivity index (χ0v) is 22.7. The summed E-state index contributed by atoms with van der Waals surface area (Å²) in [5.74, 6) is 0.852. The number of likely N-dealkylation sites (N-methyl/N-ethyl adjacent to an activating group) is 1. The number of nitrogens with one attached hydrogen (secondary N) is 2. The van der Waals surface area contributed by atoms with Crippen molar-refractivity contribution >= 4 is 24.8 Å². The van der Waals surface area contributed by atoms with Crippen LogP contribution in [0.2, 0.25) is 0 Å². The van der Waals surface area contributed by atoms with Gasteiger partial charge in [-0.2, -0.15) is 13.2 Å². The average molecular weight is 537 g/mol. The Balaban J connectivity index is 2.12. The molecule has 0 aromatic heterocycles. The van der Waals surface area contributed by atoms with Gasteiger partial charge < -0.3 is 5.32 Å². The van der Waals surface area contributed by atoms with Gasteiger partial charge in [0.15, 0.2) is 0 Å². The van der Waals surface area contributed by atoms with Gasteiger partial charge in [0.05, 0.1) is 0 Å². The molecule has 0 aliphatic carbocycles. The van der Waals surface area contributed by atoms with Crippen molar-refractivity contribution in [2.24, 2.45) is 0 Å². The van der Waals surface area contributed by atoms with Crippen molar-refractivity contribution in [1.29, 1.82) is 0 Å². The molecule has 9 heteroatoms. The summed E-state index contributed by atoms with van der Waals surface area (Å²) in [6.07, 6.45) is -1.41. The number of allylic oxidation sites excluding steroid dienone is 3. The predicted molar refractivity (Wildman–Crippen MR) is 156 cm³/mol. The van der Waals surface area contributed by atoms with Crippen LogP contribution in [-0.4, -0.2) is 63.8 Å². The van der Waals surface area contributed by atoms with E-state index in [-0.39, 0.29) is 23.4 Å². The van der Waals surface area contributed by atoms with Gasteiger partial charge in [-0.1, -0.05) is 12.7 Å². The number of piperazine rings is 1. The van der Waals surface area contributed by atoms with Gasteiger partial charge in [-0.05, 0) is 27.0 Å². The quantitative estimate of drug-likeness (QED) is 0.232. The third-order valence-corrected chi connectivity index (χ3v) is 6.97. The van der Waals surface area contributed by atoms with Crippen molar-refractivity contribution in [2.45, 2.75) is 32.1 Å². The molecule has 1 radical (unpaired) electrons. The monoisotopic (exact) mass is 537 g/mol. The Morgan fingerprint density at radius 3 is 2.31 bits per heavy atom. The second-order valence-corrected chi connectivity index (χ2v) is 9.67. The molecule has 2 N–H and O–H groups in total. The van der Waals surface area contributed by atoms with Crippen LogP contribution >= 0.6 is 0 Å². The normalized spacial score (nSPS) is 19.0. The van der Waals surface area contributed by atoms with Crippen LogP contribution in [0.4, 0.5) is 28.9 Å². The molecule has 0 spiro atoms. The summed E-state index contributed by atoms with van der Waals surface area (Å²) in [6.45, 7) is 13.0. The minimum absolute atomic E-state index is 0.0250. The molecule has 0 saturated carbocycles. The van der Waals surface area contributed by atoms with E-state index in [0.717, 1.165) is 17.8 Å². The van der Waals surface area contributed by atoms with Crippen molar-refractivity contribution in [1.82, 2.24) is 10.2 Å². The van der Waals surface area contributed by atoms with Crippen molar-refractivity contribution in [3.05, 3.63) is 96.1 Å². The van der Waals surface area contributed by atoms with Crippen LogP contribution in [0, 0.1) is 5.82 Å². The van der Waals surface area contributed by atoms with E-state index in [1.54, 1.807) is 18.2 Å². The molecule has 1 fully saturated rings. The molecule has 2 aromatic carbocycles. The van der Waals surface area contributed by atoms with Crippen LogP contribution < -0.4 is 15.5 Å². The minimum atomic E-state index is -4.64. The summed E-state index contributed by atoms with van der Waals surface area (Å²) >= 11 is 0. The zero-order valence-electron chi connectivity index (χ0n) is 22.7. The maximum absolute atomic E-state index is 15.0. The van der Waals surface area contributed by atoms with Crippen LogP contribution in [0.1, 0.15) is 19.4 Å². The SMILES string of the molecule is [B]=Cc1ccc(-c2ccc(N3CC(C)N(C)C(C)C3)c(NC(=C)C(=C/NC)/C(=C\C=C)C(F)(F)F)c2)c(F)c1. The number of halogens is 4. The van der Waals surface area contributed by atoms with Crippen molar-refractivity contribution in [3.8, 4) is 11.1 Å². The number of anilines is 2. The van der Waals surface area contributed by atoms with Gasteiger partial charge in [0.25, 0.3) is 0 Å². The molecule has 0 bridgehead atoms. The summed E-state index contributed by atoms with van der Waals surface area (Å²) in [4.78, 5) is 4.47. The van der Waals surface area contributed by atoms with Gasteiger partial charge in [0.2, 0.25) is 0 Å². The van der Waals surface area contributed by atoms with E-state index < -0.39 is 17.6 Å². The number of hydrogen-bond donors (Lipinski definition) is 2. The molecular weight excluding hydrogens is 503 g/mol. The Hall–Kier alpha value is -3.59. The van der Waals surface area contributed by atoms with Gasteiger partial charge in [0.1, 0.15) is 0 Å². The molecule has 1 aliphatic rings. The molecule has 2 atom stereocenters. The standard InChI is InChI=1S/C30H34BF4N4/c1-7-8-26(30(33,34)35)25(16-36-5)21(4)37-28-14-23(24-11-9-22(15-31)13-27(24)32)10-12-29(28)39-17-19(2)38(6)20(3)18-39/h7-16,19-20,36-37H,1,4,17-18H2,2-3,5-6H3/b25-16-,26-8+. The first-order valence-corrected chi connectivity index (χ1v) is 12.6. The van der Waals surface area contributed by atoms with E-state index in [1.165, 1.54) is 25.3 Å². The van der Waals surface area contributed by atoms with Crippen LogP contribution in [0.15, 0.2) is 84.8 Å². The van der Waals surface area contributed by atoms with E-state index in [9.17, 15) is 17.6 Å². The molecule has 1 saturated heterocycles. The Kier molecular flexibility index (Phi) is 9.61. The fourth-order valence-electron chi connectivity index (χ4n) is 4.71. The van der Waals surface area contributed by atoms with E-state index in [0.29, 0.717) is 35.5 Å². The van der Waals surface area contributed by atoms with E-state index in [2.05, 4.69) is 54.5 Å². The third-order valence-electron chi connectivity index (χ3n) is 6.97. The molecule has 4 nitrogen and oxygen atoms in total. The molecule has 205 valence electrons. The first-order valence-electron chi connectivity index (χ1n) is 12.6. The molecule has 2 unspecified atom stereocenters. The van der Waals surface area contributed by atoms with Gasteiger partial charge in [0, 0.05) is 7.05 Å². The molecule has 1 heterocycles. The third kappa shape index (κ3) is 6.90. The maximum atomic E-state index is 15.0. The zero-order chi connectivity index (χ0) is 28.9. The Bertz CT molecular complexity index is 1290. The fraction of sp³-hybridized carbons (Fsp3) is 0.300. The fourth-order valence-corrected chi connectivity index (χ4v) is 4.71. The topological polar surface area (TPSA) is 30.5 Å². The van der Waals surface area contributed by atoms with Gasteiger partial charge in [-0.25, -0.2) is 0 Å². The van der Waals surface area contributed by atoms with Crippen LogP contribution in [0.25, 0.3) is 11.1 Å². The molecule has 39 heavy (non-hydrogen) atoms. The number of rotatable bonds is 9. The number of nitrogens with zero attached hydrogens (tertiary/aromatic N) is 2. The van der Waals surface area contributed by atoms with Crippen LogP contribution in [-0.2, 0) is 0 Å². The van der Waals surface area contributed by atoms with Gasteiger partial charge in [-0.15, -0.1) is 0 Å². The predicted octanol–water partition coefficient (Wildman–Crippen LogP) is 6.04. The number of hydrogen-bond acceptors (Lipinski definition) is 4. The van der Waals surface area contributed by atoms with E-state index in [1.807, 2.05) is 12.1 Å². The number of alkyl halides is 3. The molecule has 1 aliphatic heterocycles. The van der Waals surface area contributed by atoms with Gasteiger partial charge >= 0.3 is 159 Å². The number of benzene rings is 2. The Morgan fingerprint density at radius 1 is 1.10 bits per heavy atom. The molecular formula is C30H34BF4N4. The molecule has 2 aromatic rings. The first-order chi connectivity index (χ1) is 18.4. The van der Waals surface area contributed by atoms with Crippen molar-refractivity contribution in [2.75, 3.05) is 37.4 Å².